The van der Waals surface area contributed by atoms with Crippen LogP contribution in [-0.2, 0) is 0 Å². The van der Waals surface area contributed by atoms with Gasteiger partial charge in [0.1, 0.15) is 5.75 Å². The number of rotatable bonds is 2. The molecule has 98 valence electrons. The highest BCUT2D eigenvalue weighted by Gasteiger charge is 2.27. The molecule has 0 bridgehead atoms. The minimum Gasteiger partial charge on any atom is -0.505 e. The third kappa shape index (κ3) is 2.61. The van der Waals surface area contributed by atoms with Crippen LogP contribution in [0.5, 0.6) is 5.75 Å². The molecule has 1 aromatic rings. The summed E-state index contributed by atoms with van der Waals surface area (Å²) in [4.78, 5) is 17.9. The van der Waals surface area contributed by atoms with Gasteiger partial charge in [-0.25, -0.2) is 4.98 Å². The first-order chi connectivity index (χ1) is 8.74. The maximum Gasteiger partial charge on any atom is 0.276 e. The number of carbonyl (C=O) groups is 1. The molecule has 1 saturated heterocycles. The molecule has 1 amide bonds. The van der Waals surface area contributed by atoms with Crippen LogP contribution < -0.4 is 0 Å². The number of hydrogen-bond donors (Lipinski definition) is 2. The zero-order valence-electron chi connectivity index (χ0n) is 10.2. The molecule has 0 aliphatic carbocycles. The summed E-state index contributed by atoms with van der Waals surface area (Å²) in [7, 11) is 0. The number of likely N-dealkylation sites (tertiary alicyclic amines) is 1. The van der Waals surface area contributed by atoms with E-state index in [9.17, 15) is 15.0 Å². The molecule has 1 aliphatic rings. The van der Waals surface area contributed by atoms with E-state index in [-0.39, 0.29) is 30.0 Å². The molecular weight excluding hydrogens is 232 g/mol. The lowest BCUT2D eigenvalue weighted by Crippen LogP contribution is -2.42. The highest BCUT2D eigenvalue weighted by Crippen LogP contribution is 2.21. The summed E-state index contributed by atoms with van der Waals surface area (Å²) >= 11 is 0. The second-order valence-corrected chi connectivity index (χ2v) is 4.56. The lowest BCUT2D eigenvalue weighted by atomic mass is 10.1. The van der Waals surface area contributed by atoms with Gasteiger partial charge in [0.25, 0.3) is 5.91 Å². The van der Waals surface area contributed by atoms with Crippen LogP contribution in [0.3, 0.4) is 0 Å². The van der Waals surface area contributed by atoms with E-state index in [1.807, 2.05) is 0 Å². The maximum absolute atomic E-state index is 12.3. The van der Waals surface area contributed by atoms with Gasteiger partial charge in [-0.15, -0.1) is 0 Å². The molecule has 1 fully saturated rings. The number of aromatic hydroxyl groups is 1. The fourth-order valence-corrected chi connectivity index (χ4v) is 2.33. The van der Waals surface area contributed by atoms with Gasteiger partial charge in [-0.05, 0) is 25.0 Å². The Morgan fingerprint density at radius 1 is 1.44 bits per heavy atom. The average Bonchev–Trinajstić information content (AvgIpc) is 2.63. The minimum absolute atomic E-state index is 0.0423. The van der Waals surface area contributed by atoms with Crippen LogP contribution in [0.4, 0.5) is 0 Å². The highest BCUT2D eigenvalue weighted by molar-refractivity contribution is 5.95. The molecule has 1 aliphatic heterocycles. The van der Waals surface area contributed by atoms with Crippen LogP contribution in [0.2, 0.25) is 0 Å². The van der Waals surface area contributed by atoms with E-state index in [4.69, 9.17) is 0 Å². The van der Waals surface area contributed by atoms with Crippen LogP contribution in [-0.4, -0.2) is 45.2 Å². The Hall–Kier alpha value is -1.62. The zero-order chi connectivity index (χ0) is 13.0. The van der Waals surface area contributed by atoms with Crippen molar-refractivity contribution in [3.63, 3.8) is 0 Å². The molecule has 1 atom stereocenters. The zero-order valence-corrected chi connectivity index (χ0v) is 10.2. The van der Waals surface area contributed by atoms with E-state index in [0.29, 0.717) is 6.54 Å². The molecule has 0 spiro atoms. The topological polar surface area (TPSA) is 73.7 Å². The SMILES string of the molecule is O=C(c1ncccc1O)N1CCCCCC1CO. The van der Waals surface area contributed by atoms with Crippen molar-refractivity contribution in [1.29, 1.82) is 0 Å². The Kier molecular flexibility index (Phi) is 4.15. The Bertz CT molecular complexity index is 422. The van der Waals surface area contributed by atoms with Crippen molar-refractivity contribution >= 4 is 5.91 Å². The quantitative estimate of drug-likeness (QED) is 0.826. The largest absolute Gasteiger partial charge is 0.505 e. The van der Waals surface area contributed by atoms with Gasteiger partial charge in [-0.2, -0.15) is 0 Å². The number of carbonyl (C=O) groups excluding carboxylic acids is 1. The van der Waals surface area contributed by atoms with Crippen molar-refractivity contribution < 1.29 is 15.0 Å². The van der Waals surface area contributed by atoms with Crippen molar-refractivity contribution in [3.05, 3.63) is 24.0 Å². The van der Waals surface area contributed by atoms with Crippen LogP contribution in [0.1, 0.15) is 36.2 Å². The molecule has 0 saturated carbocycles. The Labute approximate surface area is 106 Å². The Morgan fingerprint density at radius 3 is 3.00 bits per heavy atom. The van der Waals surface area contributed by atoms with Crippen molar-refractivity contribution in [3.8, 4) is 5.75 Å². The fraction of sp³-hybridized carbons (Fsp3) is 0.538. The number of aliphatic hydroxyl groups is 1. The third-order valence-electron chi connectivity index (χ3n) is 3.34. The molecular formula is C13H18N2O3. The van der Waals surface area contributed by atoms with Gasteiger partial charge in [-0.1, -0.05) is 12.8 Å². The second kappa shape index (κ2) is 5.82. The summed E-state index contributed by atoms with van der Waals surface area (Å²) in [6.07, 6.45) is 5.29. The van der Waals surface area contributed by atoms with Gasteiger partial charge in [0.05, 0.1) is 12.6 Å². The summed E-state index contributed by atoms with van der Waals surface area (Å²) in [5, 5.41) is 19.0. The van der Waals surface area contributed by atoms with Crippen LogP contribution in [0.15, 0.2) is 18.3 Å². The average molecular weight is 250 g/mol. The molecule has 18 heavy (non-hydrogen) atoms. The van der Waals surface area contributed by atoms with Gasteiger partial charge < -0.3 is 15.1 Å². The fourth-order valence-electron chi connectivity index (χ4n) is 2.33. The molecule has 0 aromatic carbocycles. The summed E-state index contributed by atoms with van der Waals surface area (Å²) in [5.74, 6) is -0.405. The maximum atomic E-state index is 12.3. The predicted molar refractivity (Wildman–Crippen MR) is 66.3 cm³/mol. The van der Waals surface area contributed by atoms with Crippen LogP contribution in [0.25, 0.3) is 0 Å². The normalized spacial score (nSPS) is 20.5. The number of aromatic nitrogens is 1. The third-order valence-corrected chi connectivity index (χ3v) is 3.34. The molecule has 5 heteroatoms. The number of pyridine rings is 1. The van der Waals surface area contributed by atoms with Crippen LogP contribution in [0, 0.1) is 0 Å². The van der Waals surface area contributed by atoms with Crippen molar-refractivity contribution in [2.75, 3.05) is 13.2 Å². The lowest BCUT2D eigenvalue weighted by Gasteiger charge is -2.28. The van der Waals surface area contributed by atoms with Gasteiger partial charge in [0.2, 0.25) is 0 Å². The van der Waals surface area contributed by atoms with Gasteiger partial charge in [-0.3, -0.25) is 4.79 Å². The molecule has 2 heterocycles. The van der Waals surface area contributed by atoms with E-state index in [0.717, 1.165) is 25.7 Å². The van der Waals surface area contributed by atoms with E-state index < -0.39 is 0 Å². The Morgan fingerprint density at radius 2 is 2.28 bits per heavy atom. The highest BCUT2D eigenvalue weighted by atomic mass is 16.3. The number of aliphatic hydroxyl groups excluding tert-OH is 1. The summed E-state index contributed by atoms with van der Waals surface area (Å²) in [5.41, 5.74) is 0.0675. The van der Waals surface area contributed by atoms with E-state index in [1.54, 1.807) is 11.0 Å². The predicted octanol–water partition coefficient (Wildman–Crippen LogP) is 1.16. The van der Waals surface area contributed by atoms with E-state index >= 15 is 0 Å². The number of nitrogens with zero attached hydrogens (tertiary/aromatic N) is 2. The summed E-state index contributed by atoms with van der Waals surface area (Å²) < 4.78 is 0. The Balaban J connectivity index is 2.23. The molecule has 5 nitrogen and oxygen atoms in total. The van der Waals surface area contributed by atoms with Gasteiger partial charge in [0.15, 0.2) is 5.69 Å². The molecule has 0 radical (unpaired) electrons. The summed E-state index contributed by atoms with van der Waals surface area (Å²) in [6.45, 7) is 0.569. The molecule has 1 unspecified atom stereocenters. The van der Waals surface area contributed by atoms with Crippen molar-refractivity contribution in [2.24, 2.45) is 0 Å². The smallest absolute Gasteiger partial charge is 0.276 e. The van der Waals surface area contributed by atoms with Gasteiger partial charge >= 0.3 is 0 Å². The standard InChI is InChI=1S/C13H18N2O3/c16-9-10-5-2-1-3-8-15(10)13(18)12-11(17)6-4-7-14-12/h4,6-7,10,16-17H,1-3,5,8-9H2. The molecule has 2 N–H and O–H groups in total. The molecule has 2 rings (SSSR count). The van der Waals surface area contributed by atoms with E-state index in [2.05, 4.69) is 4.98 Å². The van der Waals surface area contributed by atoms with Gasteiger partial charge in [0, 0.05) is 12.7 Å². The minimum atomic E-state index is -0.297. The summed E-state index contributed by atoms with van der Waals surface area (Å²) in [6, 6.07) is 2.87. The van der Waals surface area contributed by atoms with Crippen LogP contribution >= 0.6 is 0 Å². The second-order valence-electron chi connectivity index (χ2n) is 4.56. The number of amides is 1. The van der Waals surface area contributed by atoms with Crippen molar-refractivity contribution in [1.82, 2.24) is 9.88 Å². The van der Waals surface area contributed by atoms with Crippen molar-refractivity contribution in [2.45, 2.75) is 31.7 Å². The first kappa shape index (κ1) is 12.8. The van der Waals surface area contributed by atoms with E-state index in [1.165, 1.54) is 12.3 Å². The number of hydrogen-bond acceptors (Lipinski definition) is 4. The first-order valence-corrected chi connectivity index (χ1v) is 6.30. The first-order valence-electron chi connectivity index (χ1n) is 6.30. The monoisotopic (exact) mass is 250 g/mol. The lowest BCUT2D eigenvalue weighted by molar-refractivity contribution is 0.0590. The molecule has 1 aromatic heterocycles.